The van der Waals surface area contributed by atoms with Gasteiger partial charge in [0, 0.05) is 48.3 Å². The minimum atomic E-state index is -0.451. The second-order valence-corrected chi connectivity index (χ2v) is 12.2. The number of carbonyl (C=O) groups excluding carboxylic acids is 2. The number of rotatable bonds is 4. The van der Waals surface area contributed by atoms with Crippen molar-refractivity contribution in [2.75, 3.05) is 14.2 Å². The largest absolute Gasteiger partial charge is 0.493 e. The van der Waals surface area contributed by atoms with E-state index in [1.807, 2.05) is 33.0 Å². The van der Waals surface area contributed by atoms with E-state index < -0.39 is 5.92 Å². The quantitative estimate of drug-likeness (QED) is 0.490. The summed E-state index contributed by atoms with van der Waals surface area (Å²) < 4.78 is 11.6. The summed E-state index contributed by atoms with van der Waals surface area (Å²) in [6, 6.07) is 3.72. The average Bonchev–Trinajstić information content (AvgIpc) is 2.69. The van der Waals surface area contributed by atoms with Gasteiger partial charge in [0.1, 0.15) is 0 Å². The van der Waals surface area contributed by atoms with Crippen LogP contribution in [0.25, 0.3) is 0 Å². The van der Waals surface area contributed by atoms with Crippen LogP contribution in [0.2, 0.25) is 5.02 Å². The van der Waals surface area contributed by atoms with Gasteiger partial charge in [-0.25, -0.2) is 0 Å². The maximum absolute atomic E-state index is 13.6. The zero-order valence-corrected chi connectivity index (χ0v) is 22.4. The van der Waals surface area contributed by atoms with Crippen molar-refractivity contribution < 1.29 is 19.1 Å². The fourth-order valence-electron chi connectivity index (χ4n) is 5.75. The number of allylic oxidation sites excluding steroid dienone is 4. The molecule has 0 atom stereocenters. The van der Waals surface area contributed by atoms with Crippen LogP contribution in [0, 0.1) is 10.8 Å². The molecule has 34 heavy (non-hydrogen) atoms. The Bertz CT molecular complexity index is 1070. The minimum absolute atomic E-state index is 0.0755. The molecule has 0 unspecified atom stereocenters. The normalized spacial score (nSPS) is 22.2. The number of benzene rings is 1. The van der Waals surface area contributed by atoms with Crippen LogP contribution in [-0.4, -0.2) is 36.7 Å². The first-order chi connectivity index (χ1) is 15.7. The zero-order valence-electron chi connectivity index (χ0n) is 21.6. The number of hydrogen-bond acceptors (Lipinski definition) is 5. The van der Waals surface area contributed by atoms with Gasteiger partial charge < -0.3 is 14.4 Å². The zero-order chi connectivity index (χ0) is 25.2. The number of ketones is 2. The molecule has 2 aliphatic carbocycles. The molecule has 0 N–H and O–H groups in total. The van der Waals surface area contributed by atoms with E-state index >= 15 is 0 Å². The van der Waals surface area contributed by atoms with Gasteiger partial charge in [-0.1, -0.05) is 39.3 Å². The molecule has 0 amide bonds. The molecule has 3 aliphatic rings. The molecule has 1 aromatic rings. The van der Waals surface area contributed by atoms with Crippen molar-refractivity contribution in [3.8, 4) is 11.5 Å². The van der Waals surface area contributed by atoms with E-state index in [0.717, 1.165) is 40.9 Å². The van der Waals surface area contributed by atoms with E-state index in [2.05, 4.69) is 32.6 Å². The van der Waals surface area contributed by atoms with Crippen LogP contribution >= 0.6 is 11.6 Å². The Morgan fingerprint density at radius 2 is 1.44 bits per heavy atom. The number of carbonyl (C=O) groups is 2. The van der Waals surface area contributed by atoms with Gasteiger partial charge in [-0.15, -0.1) is 0 Å². The van der Waals surface area contributed by atoms with Crippen LogP contribution in [0.15, 0.2) is 34.7 Å². The van der Waals surface area contributed by atoms with E-state index in [1.54, 1.807) is 7.11 Å². The summed E-state index contributed by atoms with van der Waals surface area (Å²) in [7, 11) is 3.59. The van der Waals surface area contributed by atoms with Crippen LogP contribution in [0.1, 0.15) is 78.7 Å². The molecule has 0 radical (unpaired) electrons. The van der Waals surface area contributed by atoms with E-state index in [4.69, 9.17) is 21.1 Å². The van der Waals surface area contributed by atoms with E-state index in [1.165, 1.54) is 0 Å². The van der Waals surface area contributed by atoms with Crippen molar-refractivity contribution in [3.05, 3.63) is 45.3 Å². The molecule has 0 spiro atoms. The first-order valence-corrected chi connectivity index (χ1v) is 12.4. The Hall–Kier alpha value is -2.27. The lowest BCUT2D eigenvalue weighted by Crippen LogP contribution is -2.43. The standard InChI is InChI=1S/C28H36ClNO4/c1-15(2)34-26-17(29)9-16(10-22(26)33-8)23-24-18(11-27(3,4)13-20(24)31)30(7)19-12-28(5,6)14-21(32)25(19)23/h9-10,15,23H,11-14H2,1-8H3. The Kier molecular flexibility index (Phi) is 6.17. The maximum Gasteiger partial charge on any atom is 0.180 e. The molecular weight excluding hydrogens is 450 g/mol. The summed E-state index contributed by atoms with van der Waals surface area (Å²) in [5.74, 6) is 0.737. The number of methoxy groups -OCH3 is 1. The Morgan fingerprint density at radius 3 is 1.88 bits per heavy atom. The predicted octanol–water partition coefficient (Wildman–Crippen LogP) is 6.45. The monoisotopic (exact) mass is 485 g/mol. The number of nitrogens with zero attached hydrogens (tertiary/aromatic N) is 1. The summed E-state index contributed by atoms with van der Waals surface area (Å²) in [4.78, 5) is 29.4. The lowest BCUT2D eigenvalue weighted by molar-refractivity contribution is -0.119. The van der Waals surface area contributed by atoms with Crippen molar-refractivity contribution in [1.82, 2.24) is 4.90 Å². The molecule has 1 aliphatic heterocycles. The Balaban J connectivity index is 1.97. The molecule has 4 rings (SSSR count). The van der Waals surface area contributed by atoms with Crippen LogP contribution in [0.4, 0.5) is 0 Å². The molecule has 0 fully saturated rings. The highest BCUT2D eigenvalue weighted by Gasteiger charge is 2.48. The van der Waals surface area contributed by atoms with Gasteiger partial charge in [-0.2, -0.15) is 0 Å². The van der Waals surface area contributed by atoms with Gasteiger partial charge in [-0.3, -0.25) is 9.59 Å². The summed E-state index contributed by atoms with van der Waals surface area (Å²) in [6.45, 7) is 12.4. The second kappa shape index (κ2) is 8.44. The van der Waals surface area contributed by atoms with Crippen molar-refractivity contribution in [2.45, 2.75) is 79.2 Å². The molecule has 6 heteroatoms. The lowest BCUT2D eigenvalue weighted by atomic mass is 9.63. The summed E-state index contributed by atoms with van der Waals surface area (Å²) >= 11 is 6.70. The first-order valence-electron chi connectivity index (χ1n) is 12.0. The Morgan fingerprint density at radius 1 is 0.941 bits per heavy atom. The van der Waals surface area contributed by atoms with Gasteiger partial charge >= 0.3 is 0 Å². The summed E-state index contributed by atoms with van der Waals surface area (Å²) in [5.41, 5.74) is 4.03. The number of Topliss-reactive ketones (excluding diaryl/α,β-unsaturated/α-hetero) is 2. The fraction of sp³-hybridized carbons (Fsp3) is 0.571. The molecule has 184 valence electrons. The topological polar surface area (TPSA) is 55.8 Å². The molecule has 1 heterocycles. The summed E-state index contributed by atoms with van der Waals surface area (Å²) in [6.07, 6.45) is 2.40. The highest BCUT2D eigenvalue weighted by molar-refractivity contribution is 6.32. The SMILES string of the molecule is COc1cc(C2C3=C(CC(C)(C)CC3=O)N(C)C3=C2C(=O)CC(C)(C)C3)cc(Cl)c1OC(C)C. The Labute approximate surface area is 208 Å². The molecule has 0 bridgehead atoms. The molecule has 0 saturated carbocycles. The number of hydrogen-bond donors (Lipinski definition) is 0. The molecular formula is C28H36ClNO4. The highest BCUT2D eigenvalue weighted by Crippen LogP contribution is 2.55. The second-order valence-electron chi connectivity index (χ2n) is 11.8. The first kappa shape index (κ1) is 24.8. The van der Waals surface area contributed by atoms with Gasteiger partial charge in [0.05, 0.1) is 18.2 Å². The van der Waals surface area contributed by atoms with E-state index in [9.17, 15) is 9.59 Å². The fourth-order valence-corrected chi connectivity index (χ4v) is 6.02. The van der Waals surface area contributed by atoms with Gasteiger partial charge in [0.15, 0.2) is 23.1 Å². The predicted molar refractivity (Wildman–Crippen MR) is 134 cm³/mol. The average molecular weight is 486 g/mol. The molecule has 0 saturated heterocycles. The lowest BCUT2D eigenvalue weighted by Gasteiger charge is -2.48. The minimum Gasteiger partial charge on any atom is -0.493 e. The molecule has 5 nitrogen and oxygen atoms in total. The van der Waals surface area contributed by atoms with Crippen molar-refractivity contribution in [1.29, 1.82) is 0 Å². The van der Waals surface area contributed by atoms with Crippen LogP contribution in [0.5, 0.6) is 11.5 Å². The maximum atomic E-state index is 13.6. The van der Waals surface area contributed by atoms with Crippen molar-refractivity contribution in [2.24, 2.45) is 10.8 Å². The van der Waals surface area contributed by atoms with Gasteiger partial charge in [0.25, 0.3) is 0 Å². The van der Waals surface area contributed by atoms with Crippen LogP contribution in [-0.2, 0) is 9.59 Å². The number of halogens is 1. The third kappa shape index (κ3) is 4.28. The van der Waals surface area contributed by atoms with Crippen LogP contribution in [0.3, 0.4) is 0 Å². The molecule has 0 aromatic heterocycles. The third-order valence-corrected chi connectivity index (χ3v) is 7.40. The van der Waals surface area contributed by atoms with Crippen molar-refractivity contribution >= 4 is 23.2 Å². The smallest absolute Gasteiger partial charge is 0.180 e. The van der Waals surface area contributed by atoms with Gasteiger partial charge in [0.2, 0.25) is 0 Å². The van der Waals surface area contributed by atoms with E-state index in [-0.39, 0.29) is 28.5 Å². The van der Waals surface area contributed by atoms with Crippen LogP contribution < -0.4 is 9.47 Å². The molecule has 1 aromatic carbocycles. The third-order valence-electron chi connectivity index (χ3n) is 7.12. The van der Waals surface area contributed by atoms with E-state index in [0.29, 0.717) is 29.4 Å². The van der Waals surface area contributed by atoms with Gasteiger partial charge in [-0.05, 0) is 55.2 Å². The summed E-state index contributed by atoms with van der Waals surface area (Å²) in [5, 5.41) is 0.415. The highest BCUT2D eigenvalue weighted by atomic mass is 35.5. The number of ether oxygens (including phenoxy) is 2. The van der Waals surface area contributed by atoms with Crippen molar-refractivity contribution in [3.63, 3.8) is 0 Å².